The van der Waals surface area contributed by atoms with Crippen molar-refractivity contribution in [1.29, 1.82) is 0 Å². The van der Waals surface area contributed by atoms with E-state index in [0.29, 0.717) is 6.54 Å². The van der Waals surface area contributed by atoms with Crippen molar-refractivity contribution in [2.24, 2.45) is 5.73 Å². The number of carbonyl (C=O) groups is 3. The maximum atomic E-state index is 12.5. The molecule has 4 amide bonds. The second-order valence-electron chi connectivity index (χ2n) is 8.57. The number of likely N-dealkylation sites (N-methyl/N-ethyl adjacent to an activating group) is 1. The molecule has 1 heterocycles. The van der Waals surface area contributed by atoms with Crippen LogP contribution in [0, 0.1) is 0 Å². The summed E-state index contributed by atoms with van der Waals surface area (Å²) in [7, 11) is 5.73. The Balaban J connectivity index is 1.67. The van der Waals surface area contributed by atoms with Gasteiger partial charge < -0.3 is 20.9 Å². The normalized spacial score (nSPS) is 26.6. The third-order valence-corrected chi connectivity index (χ3v) is 6.50. The van der Waals surface area contributed by atoms with Crippen LogP contribution in [-0.4, -0.2) is 78.9 Å². The summed E-state index contributed by atoms with van der Waals surface area (Å²) >= 11 is 0. The highest BCUT2D eigenvalue weighted by Crippen LogP contribution is 2.45. The van der Waals surface area contributed by atoms with Crippen LogP contribution in [0.4, 0.5) is 4.79 Å². The lowest BCUT2D eigenvalue weighted by Crippen LogP contribution is -2.54. The van der Waals surface area contributed by atoms with E-state index in [2.05, 4.69) is 48.6 Å². The molecule has 29 heavy (non-hydrogen) atoms. The number of amides is 4. The van der Waals surface area contributed by atoms with Crippen molar-refractivity contribution in [2.75, 3.05) is 40.8 Å². The van der Waals surface area contributed by atoms with Gasteiger partial charge in [0, 0.05) is 19.1 Å². The monoisotopic (exact) mass is 401 g/mol. The van der Waals surface area contributed by atoms with Gasteiger partial charge in [-0.05, 0) is 45.3 Å². The molecule has 2 aliphatic rings. The SMILES string of the molecule is CN(CC(N)=O)C(=O)CN1C[C@]2(CC[C@@](c3ccccc3)(N(C)C)CC2)NC1=O. The Kier molecular flexibility index (Phi) is 5.84. The number of rotatable bonds is 6. The van der Waals surface area contributed by atoms with Gasteiger partial charge in [-0.15, -0.1) is 0 Å². The van der Waals surface area contributed by atoms with Crippen LogP contribution in [0.25, 0.3) is 0 Å². The van der Waals surface area contributed by atoms with Gasteiger partial charge in [0.15, 0.2) is 0 Å². The fourth-order valence-corrected chi connectivity index (χ4v) is 4.68. The van der Waals surface area contributed by atoms with E-state index in [-0.39, 0.29) is 36.1 Å². The molecule has 1 aliphatic carbocycles. The Hall–Kier alpha value is -2.61. The summed E-state index contributed by atoms with van der Waals surface area (Å²) in [5.41, 5.74) is 6.08. The lowest BCUT2D eigenvalue weighted by molar-refractivity contribution is -0.134. The van der Waals surface area contributed by atoms with E-state index in [0.717, 1.165) is 25.7 Å². The van der Waals surface area contributed by atoms with Crippen LogP contribution >= 0.6 is 0 Å². The van der Waals surface area contributed by atoms with Crippen molar-refractivity contribution in [2.45, 2.75) is 36.8 Å². The Morgan fingerprint density at radius 2 is 1.72 bits per heavy atom. The molecular formula is C21H31N5O3. The van der Waals surface area contributed by atoms with Crippen molar-refractivity contribution in [3.63, 3.8) is 0 Å². The molecule has 1 aliphatic heterocycles. The van der Waals surface area contributed by atoms with Gasteiger partial charge in [-0.2, -0.15) is 0 Å². The Labute approximate surface area is 172 Å². The average Bonchev–Trinajstić information content (AvgIpc) is 2.97. The van der Waals surface area contributed by atoms with Crippen LogP contribution in [0.5, 0.6) is 0 Å². The first-order valence-corrected chi connectivity index (χ1v) is 10.00. The third-order valence-electron chi connectivity index (χ3n) is 6.50. The van der Waals surface area contributed by atoms with E-state index < -0.39 is 5.91 Å². The lowest BCUT2D eigenvalue weighted by Gasteiger charge is -2.48. The van der Waals surface area contributed by atoms with E-state index in [1.54, 1.807) is 4.90 Å². The van der Waals surface area contributed by atoms with Crippen LogP contribution in [0.3, 0.4) is 0 Å². The van der Waals surface area contributed by atoms with Gasteiger partial charge in [0.05, 0.1) is 12.1 Å². The zero-order chi connectivity index (χ0) is 21.2. The van der Waals surface area contributed by atoms with Gasteiger partial charge in [-0.3, -0.25) is 14.5 Å². The molecule has 1 saturated carbocycles. The van der Waals surface area contributed by atoms with Gasteiger partial charge >= 0.3 is 6.03 Å². The maximum Gasteiger partial charge on any atom is 0.318 e. The van der Waals surface area contributed by atoms with Crippen molar-refractivity contribution in [3.05, 3.63) is 35.9 Å². The quantitative estimate of drug-likeness (QED) is 0.734. The largest absolute Gasteiger partial charge is 0.368 e. The molecule has 8 nitrogen and oxygen atoms in total. The maximum absolute atomic E-state index is 12.5. The van der Waals surface area contributed by atoms with Crippen LogP contribution in [0.15, 0.2) is 30.3 Å². The highest BCUT2D eigenvalue weighted by atomic mass is 16.2. The summed E-state index contributed by atoms with van der Waals surface area (Å²) in [6.07, 6.45) is 3.53. The highest BCUT2D eigenvalue weighted by Gasteiger charge is 2.50. The average molecular weight is 402 g/mol. The summed E-state index contributed by atoms with van der Waals surface area (Å²) in [5.74, 6) is -0.866. The zero-order valence-corrected chi connectivity index (χ0v) is 17.5. The minimum Gasteiger partial charge on any atom is -0.368 e. The number of nitrogens with two attached hydrogens (primary N) is 1. The first-order chi connectivity index (χ1) is 13.7. The van der Waals surface area contributed by atoms with Crippen LogP contribution < -0.4 is 11.1 Å². The third kappa shape index (κ3) is 4.22. The Bertz CT molecular complexity index is 772. The Morgan fingerprint density at radius 1 is 1.10 bits per heavy atom. The molecule has 3 N–H and O–H groups in total. The molecule has 0 bridgehead atoms. The van der Waals surface area contributed by atoms with Crippen LogP contribution in [-0.2, 0) is 15.1 Å². The van der Waals surface area contributed by atoms with Gasteiger partial charge in [-0.1, -0.05) is 30.3 Å². The minimum atomic E-state index is -0.573. The first kappa shape index (κ1) is 21.1. The second kappa shape index (κ2) is 8.02. The smallest absolute Gasteiger partial charge is 0.318 e. The van der Waals surface area contributed by atoms with Crippen LogP contribution in [0.1, 0.15) is 31.2 Å². The molecule has 8 heteroatoms. The molecule has 3 rings (SSSR count). The fourth-order valence-electron chi connectivity index (χ4n) is 4.68. The minimum absolute atomic E-state index is 0.0468. The van der Waals surface area contributed by atoms with Gasteiger partial charge in [0.25, 0.3) is 0 Å². The molecule has 0 unspecified atom stereocenters. The molecule has 2 fully saturated rings. The molecule has 0 atom stereocenters. The summed E-state index contributed by atoms with van der Waals surface area (Å²) in [4.78, 5) is 41.0. The molecule has 1 aromatic carbocycles. The molecule has 1 spiro atoms. The van der Waals surface area contributed by atoms with Crippen molar-refractivity contribution in [3.8, 4) is 0 Å². The fraction of sp³-hybridized carbons (Fsp3) is 0.571. The number of primary amides is 1. The summed E-state index contributed by atoms with van der Waals surface area (Å²) in [6.45, 7) is 0.303. The summed E-state index contributed by atoms with van der Waals surface area (Å²) in [5, 5.41) is 3.14. The van der Waals surface area contributed by atoms with E-state index in [4.69, 9.17) is 5.73 Å². The van der Waals surface area contributed by atoms with Crippen molar-refractivity contribution >= 4 is 17.8 Å². The lowest BCUT2D eigenvalue weighted by atomic mass is 9.69. The number of hydrogen-bond donors (Lipinski definition) is 2. The molecule has 0 aromatic heterocycles. The molecule has 1 aromatic rings. The summed E-state index contributed by atoms with van der Waals surface area (Å²) < 4.78 is 0. The number of nitrogens with zero attached hydrogens (tertiary/aromatic N) is 3. The van der Waals surface area contributed by atoms with Crippen molar-refractivity contribution in [1.82, 2.24) is 20.0 Å². The molecule has 0 radical (unpaired) electrons. The van der Waals surface area contributed by atoms with Gasteiger partial charge in [0.2, 0.25) is 11.8 Å². The van der Waals surface area contributed by atoms with Gasteiger partial charge in [-0.25, -0.2) is 4.79 Å². The standard InChI is InChI=1S/C21H31N5O3/c1-24(2)21(16-7-5-4-6-8-16)11-9-20(10-12-21)15-26(19(29)23-20)14-18(28)25(3)13-17(22)27/h4-8H,9-15H2,1-3H3,(H2,22,27)(H,23,29)/t20-,21-. The van der Waals surface area contributed by atoms with E-state index in [1.165, 1.54) is 17.5 Å². The molecule has 1 saturated heterocycles. The van der Waals surface area contributed by atoms with E-state index in [1.807, 2.05) is 6.07 Å². The molecule has 158 valence electrons. The van der Waals surface area contributed by atoms with Gasteiger partial charge in [0.1, 0.15) is 6.54 Å². The number of nitrogens with one attached hydrogen (secondary N) is 1. The van der Waals surface area contributed by atoms with E-state index in [9.17, 15) is 14.4 Å². The Morgan fingerprint density at radius 3 is 2.28 bits per heavy atom. The van der Waals surface area contributed by atoms with Crippen LogP contribution in [0.2, 0.25) is 0 Å². The summed E-state index contributed by atoms with van der Waals surface area (Å²) in [6, 6.07) is 10.3. The second-order valence-corrected chi connectivity index (χ2v) is 8.57. The number of benzene rings is 1. The first-order valence-electron chi connectivity index (χ1n) is 10.00. The highest BCUT2D eigenvalue weighted by molar-refractivity contribution is 5.88. The number of urea groups is 1. The number of hydrogen-bond acceptors (Lipinski definition) is 4. The topological polar surface area (TPSA) is 99.0 Å². The number of carbonyl (C=O) groups excluding carboxylic acids is 3. The van der Waals surface area contributed by atoms with Crippen molar-refractivity contribution < 1.29 is 14.4 Å². The van der Waals surface area contributed by atoms with E-state index >= 15 is 0 Å². The predicted octanol–water partition coefficient (Wildman–Crippen LogP) is 0.725. The zero-order valence-electron chi connectivity index (χ0n) is 17.5. The molecular weight excluding hydrogens is 370 g/mol. The predicted molar refractivity (Wildman–Crippen MR) is 110 cm³/mol.